The molecule has 3 heterocycles. The molecular weight excluding hydrogens is 597 g/mol. The van der Waals surface area contributed by atoms with Gasteiger partial charge in [0.05, 0.1) is 33.8 Å². The van der Waals surface area contributed by atoms with Gasteiger partial charge in [-0.3, -0.25) is 9.36 Å². The van der Waals surface area contributed by atoms with Crippen molar-refractivity contribution >= 4 is 52.2 Å². The molecule has 0 bridgehead atoms. The lowest BCUT2D eigenvalue weighted by atomic mass is 9.98. The van der Waals surface area contributed by atoms with E-state index in [9.17, 15) is 4.79 Å². The first-order chi connectivity index (χ1) is 20.1. The van der Waals surface area contributed by atoms with E-state index in [2.05, 4.69) is 20.5 Å². The molecule has 0 aliphatic carbocycles. The van der Waals surface area contributed by atoms with E-state index < -0.39 is 0 Å². The fourth-order valence-corrected chi connectivity index (χ4v) is 6.28. The van der Waals surface area contributed by atoms with Crippen molar-refractivity contribution in [2.45, 2.75) is 17.0 Å². The molecule has 7 nitrogen and oxygen atoms in total. The van der Waals surface area contributed by atoms with Gasteiger partial charge < -0.3 is 9.73 Å². The number of halogens is 2. The van der Waals surface area contributed by atoms with Crippen LogP contribution in [0.2, 0.25) is 10.0 Å². The van der Waals surface area contributed by atoms with Crippen molar-refractivity contribution < 1.29 is 9.21 Å². The lowest BCUT2D eigenvalue weighted by molar-refractivity contribution is 0.0938. The number of hydrogen-bond donors (Lipinski definition) is 1. The largest absolute Gasteiger partial charge is 0.461 e. The average Bonchev–Trinajstić information content (AvgIpc) is 3.78. The number of thiazole rings is 1. The molecule has 3 aromatic heterocycles. The van der Waals surface area contributed by atoms with Gasteiger partial charge in [0.25, 0.3) is 5.91 Å². The quantitative estimate of drug-likeness (QED) is 0.165. The van der Waals surface area contributed by atoms with Gasteiger partial charge in [-0.25, -0.2) is 4.98 Å². The van der Waals surface area contributed by atoms with E-state index in [-0.39, 0.29) is 11.9 Å². The summed E-state index contributed by atoms with van der Waals surface area (Å²) in [6.45, 7) is 0. The zero-order valence-electron chi connectivity index (χ0n) is 21.3. The van der Waals surface area contributed by atoms with Crippen molar-refractivity contribution in [3.05, 3.63) is 135 Å². The molecule has 0 unspecified atom stereocenters. The first-order valence-electron chi connectivity index (χ1n) is 12.5. The summed E-state index contributed by atoms with van der Waals surface area (Å²) < 4.78 is 7.45. The van der Waals surface area contributed by atoms with Crippen LogP contribution in [0.1, 0.15) is 32.7 Å². The van der Waals surface area contributed by atoms with Crippen LogP contribution >= 0.6 is 46.3 Å². The molecule has 0 fully saturated rings. The smallest absolute Gasteiger partial charge is 0.271 e. The van der Waals surface area contributed by atoms with Crippen LogP contribution in [0.3, 0.4) is 0 Å². The molecule has 6 rings (SSSR count). The van der Waals surface area contributed by atoms with Crippen LogP contribution in [0.5, 0.6) is 0 Å². The number of carbonyl (C=O) groups is 1. The molecule has 1 N–H and O–H groups in total. The maximum absolute atomic E-state index is 13.3. The number of benzene rings is 3. The van der Waals surface area contributed by atoms with Gasteiger partial charge in [-0.05, 0) is 41.5 Å². The molecule has 204 valence electrons. The average molecular weight is 619 g/mol. The summed E-state index contributed by atoms with van der Waals surface area (Å²) in [7, 11) is 0. The maximum Gasteiger partial charge on any atom is 0.271 e. The molecule has 0 aliphatic rings. The molecule has 0 saturated carbocycles. The van der Waals surface area contributed by atoms with E-state index in [1.807, 2.05) is 77.4 Å². The second kappa shape index (κ2) is 12.3. The van der Waals surface area contributed by atoms with E-state index in [4.69, 9.17) is 27.6 Å². The molecule has 0 spiro atoms. The van der Waals surface area contributed by atoms with E-state index in [1.54, 1.807) is 29.8 Å². The summed E-state index contributed by atoms with van der Waals surface area (Å²) >= 11 is 15.3. The monoisotopic (exact) mass is 617 g/mol. The fraction of sp³-hybridized carbons (Fsp3) is 0.0667. The van der Waals surface area contributed by atoms with Crippen LogP contribution in [0.15, 0.2) is 112 Å². The van der Waals surface area contributed by atoms with Gasteiger partial charge in [0.15, 0.2) is 10.9 Å². The van der Waals surface area contributed by atoms with Crippen LogP contribution in [0.4, 0.5) is 0 Å². The van der Waals surface area contributed by atoms with Crippen LogP contribution in [-0.2, 0) is 5.75 Å². The second-order valence-electron chi connectivity index (χ2n) is 8.86. The highest BCUT2D eigenvalue weighted by Gasteiger charge is 2.22. The number of amides is 1. The van der Waals surface area contributed by atoms with Crippen LogP contribution < -0.4 is 5.32 Å². The van der Waals surface area contributed by atoms with E-state index in [1.165, 1.54) is 23.1 Å². The minimum Gasteiger partial charge on any atom is -0.461 e. The zero-order chi connectivity index (χ0) is 28.2. The highest BCUT2D eigenvalue weighted by Crippen LogP contribution is 2.33. The van der Waals surface area contributed by atoms with Crippen LogP contribution in [0, 0.1) is 0 Å². The SMILES string of the molecule is O=C(NC(c1ccccc1)c1ccccc1)c1csc(CSc2nnc(-c3ccco3)n2-c2ccc(Cl)c(Cl)c2)n1. The summed E-state index contributed by atoms with van der Waals surface area (Å²) in [5, 5.41) is 15.9. The van der Waals surface area contributed by atoms with Crippen molar-refractivity contribution in [2.75, 3.05) is 0 Å². The maximum atomic E-state index is 13.3. The highest BCUT2D eigenvalue weighted by atomic mass is 35.5. The lowest BCUT2D eigenvalue weighted by Crippen LogP contribution is -2.29. The standard InChI is InChI=1S/C30H21Cl2N5O2S2/c31-22-14-13-21(16-23(22)32)37-28(25-12-7-15-39-25)35-36-30(37)41-18-26-33-24(17-40-26)29(38)34-27(19-8-3-1-4-9-19)20-10-5-2-6-11-20/h1-17,27H,18H2,(H,34,38). The Morgan fingerprint density at radius 3 is 2.32 bits per heavy atom. The number of carbonyl (C=O) groups excluding carboxylic acids is 1. The predicted molar refractivity (Wildman–Crippen MR) is 163 cm³/mol. The fourth-order valence-electron chi connectivity index (χ4n) is 4.25. The lowest BCUT2D eigenvalue weighted by Gasteiger charge is -2.19. The molecule has 3 aromatic carbocycles. The molecule has 0 atom stereocenters. The molecule has 6 aromatic rings. The van der Waals surface area contributed by atoms with Crippen molar-refractivity contribution in [1.82, 2.24) is 25.1 Å². The Kier molecular flexibility index (Phi) is 8.20. The third-order valence-corrected chi connectivity index (χ3v) is 8.90. The van der Waals surface area contributed by atoms with Crippen LogP contribution in [-0.4, -0.2) is 25.7 Å². The minimum absolute atomic E-state index is 0.241. The molecule has 0 radical (unpaired) electrons. The van der Waals surface area contributed by atoms with Crippen molar-refractivity contribution in [3.63, 3.8) is 0 Å². The number of nitrogens with zero attached hydrogens (tertiary/aromatic N) is 4. The summed E-state index contributed by atoms with van der Waals surface area (Å²) in [5.74, 6) is 1.34. The Labute approximate surface area is 254 Å². The molecule has 0 aliphatic heterocycles. The number of rotatable bonds is 9. The van der Waals surface area contributed by atoms with Crippen molar-refractivity contribution in [3.8, 4) is 17.3 Å². The van der Waals surface area contributed by atoms with E-state index >= 15 is 0 Å². The van der Waals surface area contributed by atoms with Crippen molar-refractivity contribution in [1.29, 1.82) is 0 Å². The van der Waals surface area contributed by atoms with Gasteiger partial charge in [0.2, 0.25) is 5.82 Å². The summed E-state index contributed by atoms with van der Waals surface area (Å²) in [4.78, 5) is 17.9. The third-order valence-electron chi connectivity index (χ3n) is 6.19. The first-order valence-corrected chi connectivity index (χ1v) is 15.1. The van der Waals surface area contributed by atoms with Gasteiger partial charge in [0.1, 0.15) is 10.7 Å². The minimum atomic E-state index is -0.297. The summed E-state index contributed by atoms with van der Waals surface area (Å²) in [6.07, 6.45) is 1.58. The summed E-state index contributed by atoms with van der Waals surface area (Å²) in [6, 6.07) is 28.4. The van der Waals surface area contributed by atoms with Gasteiger partial charge in [0, 0.05) is 5.38 Å². The number of furan rings is 1. The van der Waals surface area contributed by atoms with Gasteiger partial charge in [-0.15, -0.1) is 21.5 Å². The number of aromatic nitrogens is 4. The second-order valence-corrected chi connectivity index (χ2v) is 11.6. The van der Waals surface area contributed by atoms with Gasteiger partial charge in [-0.1, -0.05) is 95.6 Å². The van der Waals surface area contributed by atoms with Gasteiger partial charge >= 0.3 is 0 Å². The predicted octanol–water partition coefficient (Wildman–Crippen LogP) is 8.10. The molecule has 41 heavy (non-hydrogen) atoms. The van der Waals surface area contributed by atoms with Gasteiger partial charge in [-0.2, -0.15) is 0 Å². The normalized spacial score (nSPS) is 11.2. The molecular formula is C30H21Cl2N5O2S2. The molecule has 0 saturated heterocycles. The molecule has 11 heteroatoms. The topological polar surface area (TPSA) is 85.8 Å². The Morgan fingerprint density at radius 2 is 1.66 bits per heavy atom. The number of nitrogens with one attached hydrogen (secondary N) is 1. The van der Waals surface area contributed by atoms with E-state index in [0.717, 1.165) is 21.8 Å². The Bertz CT molecular complexity index is 1730. The number of hydrogen-bond acceptors (Lipinski definition) is 7. The Hall–Kier alpha value is -3.89. The third kappa shape index (κ3) is 6.08. The first kappa shape index (κ1) is 27.3. The zero-order valence-corrected chi connectivity index (χ0v) is 24.4. The highest BCUT2D eigenvalue weighted by molar-refractivity contribution is 7.98. The Morgan fingerprint density at radius 1 is 0.927 bits per heavy atom. The molecule has 1 amide bonds. The van der Waals surface area contributed by atoms with Crippen molar-refractivity contribution in [2.24, 2.45) is 0 Å². The van der Waals surface area contributed by atoms with Crippen LogP contribution in [0.25, 0.3) is 17.3 Å². The number of thioether (sulfide) groups is 1. The van der Waals surface area contributed by atoms with E-state index in [0.29, 0.717) is 38.2 Å². The Balaban J connectivity index is 1.21. The summed E-state index contributed by atoms with van der Waals surface area (Å²) in [5.41, 5.74) is 3.09.